The topological polar surface area (TPSA) is 78.2 Å². The zero-order valence-corrected chi connectivity index (χ0v) is 14.7. The van der Waals surface area contributed by atoms with Crippen molar-refractivity contribution in [3.63, 3.8) is 0 Å². The first kappa shape index (κ1) is 17.2. The van der Waals surface area contributed by atoms with Crippen molar-refractivity contribution >= 4 is 27.7 Å². The van der Waals surface area contributed by atoms with Crippen molar-refractivity contribution in [1.82, 2.24) is 19.7 Å². The minimum Gasteiger partial charge on any atom is -0.383 e. The van der Waals surface area contributed by atoms with Crippen molar-refractivity contribution in [3.05, 3.63) is 40.8 Å². The maximum absolute atomic E-state index is 12.7. The van der Waals surface area contributed by atoms with Crippen LogP contribution >= 0.6 is 0 Å². The number of para-hydroxylation sites is 1. The molecule has 2 aromatic heterocycles. The van der Waals surface area contributed by atoms with Gasteiger partial charge in [-0.1, -0.05) is 25.1 Å². The van der Waals surface area contributed by atoms with E-state index in [9.17, 15) is 9.59 Å². The number of nitrogens with one attached hydrogen (secondary N) is 1. The number of fused-ring (bicyclic) bond motifs is 3. The molecule has 0 saturated carbocycles. The van der Waals surface area contributed by atoms with E-state index in [0.717, 1.165) is 16.3 Å². The summed E-state index contributed by atoms with van der Waals surface area (Å²) in [6.45, 7) is 2.82. The summed E-state index contributed by atoms with van der Waals surface area (Å²) in [5.41, 5.74) is 1.15. The largest absolute Gasteiger partial charge is 0.383 e. The summed E-state index contributed by atoms with van der Waals surface area (Å²) in [5, 5.41) is 8.70. The first-order valence-electron chi connectivity index (χ1n) is 8.31. The average Bonchev–Trinajstić information content (AvgIpc) is 2.94. The highest BCUT2D eigenvalue weighted by molar-refractivity contribution is 6.08. The van der Waals surface area contributed by atoms with Crippen molar-refractivity contribution in [2.24, 2.45) is 7.05 Å². The number of amides is 1. The third kappa shape index (κ3) is 2.91. The molecule has 0 unspecified atom stereocenters. The quantitative estimate of drug-likeness (QED) is 0.690. The molecule has 7 nitrogen and oxygen atoms in total. The van der Waals surface area contributed by atoms with Crippen LogP contribution in [0.3, 0.4) is 0 Å². The highest BCUT2D eigenvalue weighted by Crippen LogP contribution is 2.30. The van der Waals surface area contributed by atoms with Crippen LogP contribution in [0.1, 0.15) is 19.4 Å². The fourth-order valence-corrected chi connectivity index (χ4v) is 3.19. The van der Waals surface area contributed by atoms with Gasteiger partial charge in [0.25, 0.3) is 5.56 Å². The number of methoxy groups -OCH3 is 1. The molecule has 7 heteroatoms. The second-order valence-electron chi connectivity index (χ2n) is 5.93. The van der Waals surface area contributed by atoms with Crippen LogP contribution in [0.2, 0.25) is 0 Å². The molecule has 1 amide bonds. The van der Waals surface area contributed by atoms with Gasteiger partial charge in [-0.3, -0.25) is 9.59 Å². The van der Waals surface area contributed by atoms with Crippen LogP contribution in [-0.2, 0) is 16.6 Å². The van der Waals surface area contributed by atoms with E-state index in [2.05, 4.69) is 10.4 Å². The van der Waals surface area contributed by atoms with Gasteiger partial charge in [-0.05, 0) is 12.5 Å². The van der Waals surface area contributed by atoms with Crippen molar-refractivity contribution in [2.75, 3.05) is 20.3 Å². The van der Waals surface area contributed by atoms with Crippen molar-refractivity contribution in [3.8, 4) is 0 Å². The Morgan fingerprint density at radius 1 is 1.32 bits per heavy atom. The molecule has 3 aromatic rings. The minimum atomic E-state index is -0.477. The standard InChI is InChI=1S/C18H22N4O3/c1-4-14(17(23)19-9-10-25-3)22-15-8-6-5-7-12(15)13-11-20-21(2)18(24)16(13)22/h5-8,11,14H,4,9-10H2,1-3H3,(H,19,23)/t14-/m0/s1. The number of rotatable bonds is 6. The molecular formula is C18H22N4O3. The third-order valence-electron chi connectivity index (χ3n) is 4.41. The van der Waals surface area contributed by atoms with E-state index in [1.165, 1.54) is 4.68 Å². The second kappa shape index (κ2) is 7.06. The van der Waals surface area contributed by atoms with Crippen LogP contribution in [0.25, 0.3) is 21.8 Å². The number of nitrogens with zero attached hydrogens (tertiary/aromatic N) is 3. The Hall–Kier alpha value is -2.67. The zero-order valence-electron chi connectivity index (χ0n) is 14.7. The number of carbonyl (C=O) groups excluding carboxylic acids is 1. The number of hydrogen-bond donors (Lipinski definition) is 1. The van der Waals surface area contributed by atoms with Crippen molar-refractivity contribution in [1.29, 1.82) is 0 Å². The molecule has 0 aliphatic heterocycles. The lowest BCUT2D eigenvalue weighted by Crippen LogP contribution is -2.35. The Balaban J connectivity index is 2.23. The van der Waals surface area contributed by atoms with Gasteiger partial charge < -0.3 is 14.6 Å². The Bertz CT molecular complexity index is 974. The van der Waals surface area contributed by atoms with E-state index in [-0.39, 0.29) is 11.5 Å². The molecule has 0 bridgehead atoms. The highest BCUT2D eigenvalue weighted by atomic mass is 16.5. The molecule has 0 aliphatic rings. The smallest absolute Gasteiger partial charge is 0.291 e. The molecule has 0 radical (unpaired) electrons. The maximum Gasteiger partial charge on any atom is 0.291 e. The molecule has 0 saturated heterocycles. The van der Waals surface area contributed by atoms with E-state index in [4.69, 9.17) is 4.74 Å². The average molecular weight is 342 g/mol. The van der Waals surface area contributed by atoms with Gasteiger partial charge in [0, 0.05) is 31.5 Å². The summed E-state index contributed by atoms with van der Waals surface area (Å²) in [6, 6.07) is 7.23. The molecular weight excluding hydrogens is 320 g/mol. The number of ether oxygens (including phenoxy) is 1. The zero-order chi connectivity index (χ0) is 18.0. The van der Waals surface area contributed by atoms with Gasteiger partial charge in [-0.25, -0.2) is 4.68 Å². The summed E-state index contributed by atoms with van der Waals surface area (Å²) < 4.78 is 8.13. The first-order valence-corrected chi connectivity index (χ1v) is 8.31. The van der Waals surface area contributed by atoms with Crippen LogP contribution in [0.15, 0.2) is 35.3 Å². The van der Waals surface area contributed by atoms with E-state index in [1.807, 2.05) is 35.8 Å². The number of benzene rings is 1. The summed E-state index contributed by atoms with van der Waals surface area (Å²) in [5.74, 6) is -0.124. The minimum absolute atomic E-state index is 0.124. The molecule has 2 heterocycles. The molecule has 0 aliphatic carbocycles. The van der Waals surface area contributed by atoms with Gasteiger partial charge in [0.1, 0.15) is 11.6 Å². The summed E-state index contributed by atoms with van der Waals surface area (Å²) >= 11 is 0. The number of carbonyl (C=O) groups is 1. The lowest BCUT2D eigenvalue weighted by molar-refractivity contribution is -0.124. The second-order valence-corrected chi connectivity index (χ2v) is 5.93. The van der Waals surface area contributed by atoms with Crippen LogP contribution in [0, 0.1) is 0 Å². The van der Waals surface area contributed by atoms with Crippen LogP contribution < -0.4 is 10.9 Å². The third-order valence-corrected chi connectivity index (χ3v) is 4.41. The molecule has 1 aromatic carbocycles. The van der Waals surface area contributed by atoms with Crippen LogP contribution in [-0.4, -0.2) is 40.5 Å². The van der Waals surface area contributed by atoms with E-state index >= 15 is 0 Å². The number of hydrogen-bond acceptors (Lipinski definition) is 4. The molecule has 132 valence electrons. The molecule has 0 fully saturated rings. The number of aromatic nitrogens is 3. The van der Waals surface area contributed by atoms with E-state index in [1.54, 1.807) is 20.4 Å². The van der Waals surface area contributed by atoms with E-state index < -0.39 is 6.04 Å². The first-order chi connectivity index (χ1) is 12.1. The Morgan fingerprint density at radius 2 is 2.08 bits per heavy atom. The number of aryl methyl sites for hydroxylation is 1. The summed E-state index contributed by atoms with van der Waals surface area (Å²) in [4.78, 5) is 25.5. The van der Waals surface area contributed by atoms with Gasteiger partial charge in [-0.15, -0.1) is 0 Å². The molecule has 1 N–H and O–H groups in total. The summed E-state index contributed by atoms with van der Waals surface area (Å²) in [7, 11) is 3.20. The van der Waals surface area contributed by atoms with Crippen LogP contribution in [0.5, 0.6) is 0 Å². The SMILES string of the molecule is CC[C@@H](C(=O)NCCOC)n1c2ccccc2c2cnn(C)c(=O)c21. The molecule has 0 spiro atoms. The normalized spacial score (nSPS) is 12.6. The van der Waals surface area contributed by atoms with Gasteiger partial charge in [0.05, 0.1) is 18.3 Å². The van der Waals surface area contributed by atoms with Gasteiger partial charge >= 0.3 is 0 Å². The van der Waals surface area contributed by atoms with Gasteiger partial charge in [0.2, 0.25) is 5.91 Å². The fraction of sp³-hybridized carbons (Fsp3) is 0.389. The molecule has 3 rings (SSSR count). The van der Waals surface area contributed by atoms with Crippen molar-refractivity contribution in [2.45, 2.75) is 19.4 Å². The molecule has 1 atom stereocenters. The highest BCUT2D eigenvalue weighted by Gasteiger charge is 2.25. The van der Waals surface area contributed by atoms with Gasteiger partial charge in [-0.2, -0.15) is 5.10 Å². The lowest BCUT2D eigenvalue weighted by atomic mass is 10.2. The van der Waals surface area contributed by atoms with E-state index in [0.29, 0.717) is 25.1 Å². The predicted octanol–water partition coefficient (Wildman–Crippen LogP) is 1.60. The Labute approximate surface area is 145 Å². The Kier molecular flexibility index (Phi) is 4.85. The molecule has 25 heavy (non-hydrogen) atoms. The summed E-state index contributed by atoms with van der Waals surface area (Å²) in [6.07, 6.45) is 2.25. The maximum atomic E-state index is 12.7. The monoisotopic (exact) mass is 342 g/mol. The van der Waals surface area contributed by atoms with Crippen molar-refractivity contribution < 1.29 is 9.53 Å². The lowest BCUT2D eigenvalue weighted by Gasteiger charge is -2.19. The van der Waals surface area contributed by atoms with Crippen LogP contribution in [0.4, 0.5) is 0 Å². The predicted molar refractivity (Wildman–Crippen MR) is 96.7 cm³/mol. The Morgan fingerprint density at radius 3 is 2.80 bits per heavy atom. The fourth-order valence-electron chi connectivity index (χ4n) is 3.19. The van der Waals surface area contributed by atoms with Gasteiger partial charge in [0.15, 0.2) is 0 Å².